The number of nitrogens with two attached hydrogens (primary N) is 2. The standard InChI is InChI=1S/C6H10N2O3/c7-5(10)3-4(1-2-9)6(8)11/h3,9H,1-2H2,(H2,7,10)(H2,8,11)/b4-3+. The topological polar surface area (TPSA) is 106 Å². The van der Waals surface area contributed by atoms with Gasteiger partial charge in [-0.2, -0.15) is 0 Å². The molecule has 0 aromatic heterocycles. The highest BCUT2D eigenvalue weighted by Crippen LogP contribution is 1.97. The van der Waals surface area contributed by atoms with E-state index in [9.17, 15) is 9.59 Å². The molecule has 0 saturated carbocycles. The molecule has 0 atom stereocenters. The molecule has 0 unspecified atom stereocenters. The van der Waals surface area contributed by atoms with Gasteiger partial charge in [0.2, 0.25) is 11.8 Å². The van der Waals surface area contributed by atoms with E-state index in [1.807, 2.05) is 0 Å². The summed E-state index contributed by atoms with van der Waals surface area (Å²) in [6.45, 7) is -0.234. The Labute approximate surface area is 63.7 Å². The molecular formula is C6H10N2O3. The maximum absolute atomic E-state index is 10.5. The van der Waals surface area contributed by atoms with Gasteiger partial charge in [0.05, 0.1) is 0 Å². The van der Waals surface area contributed by atoms with Crippen LogP contribution in [0, 0.1) is 0 Å². The number of hydrogen-bond donors (Lipinski definition) is 3. The zero-order chi connectivity index (χ0) is 8.85. The minimum atomic E-state index is -0.743. The Hall–Kier alpha value is -1.36. The van der Waals surface area contributed by atoms with E-state index >= 15 is 0 Å². The second-order valence-electron chi connectivity index (χ2n) is 1.91. The third kappa shape index (κ3) is 4.10. The number of rotatable bonds is 4. The third-order valence-electron chi connectivity index (χ3n) is 1.01. The summed E-state index contributed by atoms with van der Waals surface area (Å²) >= 11 is 0. The second kappa shape index (κ2) is 4.45. The SMILES string of the molecule is NC(=O)/C=C(\CCO)C(N)=O. The normalized spacial score (nSPS) is 11.2. The van der Waals surface area contributed by atoms with Crippen molar-refractivity contribution in [2.45, 2.75) is 6.42 Å². The Morgan fingerprint density at radius 3 is 2.18 bits per heavy atom. The lowest BCUT2D eigenvalue weighted by atomic mass is 10.2. The quantitative estimate of drug-likeness (QED) is 0.423. The number of carbonyl (C=O) groups excluding carboxylic acids is 2. The van der Waals surface area contributed by atoms with E-state index in [-0.39, 0.29) is 18.6 Å². The first-order valence-corrected chi connectivity index (χ1v) is 2.98. The van der Waals surface area contributed by atoms with Gasteiger partial charge in [-0.05, 0) is 0 Å². The molecule has 0 rings (SSSR count). The van der Waals surface area contributed by atoms with Crippen molar-refractivity contribution in [1.82, 2.24) is 0 Å². The number of aliphatic hydroxyl groups excluding tert-OH is 1. The maximum Gasteiger partial charge on any atom is 0.244 e. The molecule has 0 bridgehead atoms. The summed E-state index contributed by atoms with van der Waals surface area (Å²) in [6, 6.07) is 0. The Bertz CT molecular complexity index is 198. The van der Waals surface area contributed by atoms with Crippen LogP contribution in [0.2, 0.25) is 0 Å². The first kappa shape index (κ1) is 9.64. The largest absolute Gasteiger partial charge is 0.396 e. The molecular weight excluding hydrogens is 148 g/mol. The molecule has 0 aliphatic rings. The van der Waals surface area contributed by atoms with Crippen LogP contribution < -0.4 is 11.5 Å². The number of primary amides is 2. The van der Waals surface area contributed by atoms with Gasteiger partial charge in [0, 0.05) is 24.7 Å². The highest BCUT2D eigenvalue weighted by Gasteiger charge is 2.04. The molecule has 0 heterocycles. The van der Waals surface area contributed by atoms with Crippen LogP contribution in [0.1, 0.15) is 6.42 Å². The number of amides is 2. The molecule has 0 aliphatic carbocycles. The molecule has 5 nitrogen and oxygen atoms in total. The number of carbonyl (C=O) groups is 2. The van der Waals surface area contributed by atoms with E-state index in [1.165, 1.54) is 0 Å². The summed E-state index contributed by atoms with van der Waals surface area (Å²) < 4.78 is 0. The molecule has 2 amide bonds. The van der Waals surface area contributed by atoms with Crippen LogP contribution in [0.25, 0.3) is 0 Å². The van der Waals surface area contributed by atoms with E-state index in [0.29, 0.717) is 0 Å². The van der Waals surface area contributed by atoms with Crippen LogP contribution in [0.5, 0.6) is 0 Å². The van der Waals surface area contributed by atoms with Gasteiger partial charge in [-0.3, -0.25) is 9.59 Å². The van der Waals surface area contributed by atoms with Gasteiger partial charge in [-0.25, -0.2) is 0 Å². The van der Waals surface area contributed by atoms with Crippen LogP contribution in [0.3, 0.4) is 0 Å². The smallest absolute Gasteiger partial charge is 0.244 e. The molecule has 5 heteroatoms. The fourth-order valence-corrected chi connectivity index (χ4v) is 0.559. The van der Waals surface area contributed by atoms with E-state index in [4.69, 9.17) is 16.6 Å². The van der Waals surface area contributed by atoms with Crippen molar-refractivity contribution in [3.05, 3.63) is 11.6 Å². The Morgan fingerprint density at radius 2 is 1.91 bits per heavy atom. The first-order chi connectivity index (χ1) is 5.07. The van der Waals surface area contributed by atoms with Crippen LogP contribution in [-0.2, 0) is 9.59 Å². The summed E-state index contributed by atoms with van der Waals surface area (Å²) in [5, 5.41) is 8.40. The molecule has 0 fully saturated rings. The highest BCUT2D eigenvalue weighted by molar-refractivity contribution is 5.99. The monoisotopic (exact) mass is 158 g/mol. The average Bonchev–Trinajstić information content (AvgIpc) is 1.86. The zero-order valence-corrected chi connectivity index (χ0v) is 5.91. The molecule has 0 radical (unpaired) electrons. The summed E-state index contributed by atoms with van der Waals surface area (Å²) in [5.74, 6) is -1.48. The maximum atomic E-state index is 10.5. The Balaban J connectivity index is 4.32. The molecule has 0 aliphatic heterocycles. The van der Waals surface area contributed by atoms with Gasteiger partial charge in [-0.15, -0.1) is 0 Å². The Morgan fingerprint density at radius 1 is 1.36 bits per heavy atom. The van der Waals surface area contributed by atoms with Crippen molar-refractivity contribution in [2.75, 3.05) is 6.61 Å². The van der Waals surface area contributed by atoms with Crippen molar-refractivity contribution in [3.8, 4) is 0 Å². The molecule has 0 spiro atoms. The zero-order valence-electron chi connectivity index (χ0n) is 5.91. The Kier molecular flexibility index (Phi) is 3.90. The third-order valence-corrected chi connectivity index (χ3v) is 1.01. The van der Waals surface area contributed by atoms with Gasteiger partial charge < -0.3 is 16.6 Å². The van der Waals surface area contributed by atoms with Crippen LogP contribution in [0.15, 0.2) is 11.6 Å². The van der Waals surface area contributed by atoms with Crippen molar-refractivity contribution < 1.29 is 14.7 Å². The summed E-state index contributed by atoms with van der Waals surface area (Å²) in [5.41, 5.74) is 9.64. The lowest BCUT2D eigenvalue weighted by Crippen LogP contribution is -2.18. The minimum Gasteiger partial charge on any atom is -0.396 e. The summed E-state index contributed by atoms with van der Waals surface area (Å²) in [4.78, 5) is 20.7. The fourth-order valence-electron chi connectivity index (χ4n) is 0.559. The van der Waals surface area contributed by atoms with Gasteiger partial charge in [0.15, 0.2) is 0 Å². The van der Waals surface area contributed by atoms with Gasteiger partial charge in [0.1, 0.15) is 0 Å². The molecule has 62 valence electrons. The molecule has 11 heavy (non-hydrogen) atoms. The number of aliphatic hydroxyl groups is 1. The molecule has 0 saturated heterocycles. The van der Waals surface area contributed by atoms with Crippen LogP contribution in [0.4, 0.5) is 0 Å². The van der Waals surface area contributed by atoms with Crippen LogP contribution in [-0.4, -0.2) is 23.5 Å². The van der Waals surface area contributed by atoms with Crippen molar-refractivity contribution in [2.24, 2.45) is 11.5 Å². The minimum absolute atomic E-state index is 0.0417. The van der Waals surface area contributed by atoms with Crippen molar-refractivity contribution in [1.29, 1.82) is 0 Å². The van der Waals surface area contributed by atoms with Crippen molar-refractivity contribution in [3.63, 3.8) is 0 Å². The number of hydrogen-bond acceptors (Lipinski definition) is 3. The van der Waals surface area contributed by atoms with Gasteiger partial charge in [-0.1, -0.05) is 0 Å². The van der Waals surface area contributed by atoms with E-state index in [2.05, 4.69) is 0 Å². The van der Waals surface area contributed by atoms with Crippen LogP contribution >= 0.6 is 0 Å². The molecule has 0 aromatic rings. The molecule has 5 N–H and O–H groups in total. The second-order valence-corrected chi connectivity index (χ2v) is 1.91. The summed E-state index contributed by atoms with van der Waals surface area (Å²) in [6.07, 6.45) is 0.969. The molecule has 0 aromatic carbocycles. The van der Waals surface area contributed by atoms with Crippen molar-refractivity contribution >= 4 is 11.8 Å². The van der Waals surface area contributed by atoms with Gasteiger partial charge in [0.25, 0.3) is 0 Å². The lowest BCUT2D eigenvalue weighted by molar-refractivity contribution is -0.116. The summed E-state index contributed by atoms with van der Waals surface area (Å²) in [7, 11) is 0. The van der Waals surface area contributed by atoms with E-state index in [0.717, 1.165) is 6.08 Å². The predicted molar refractivity (Wildman–Crippen MR) is 38.2 cm³/mol. The highest BCUT2D eigenvalue weighted by atomic mass is 16.3. The lowest BCUT2D eigenvalue weighted by Gasteiger charge is -1.97. The fraction of sp³-hybridized carbons (Fsp3) is 0.333. The van der Waals surface area contributed by atoms with Gasteiger partial charge >= 0.3 is 0 Å². The first-order valence-electron chi connectivity index (χ1n) is 2.98. The van der Waals surface area contributed by atoms with E-state index < -0.39 is 11.8 Å². The predicted octanol–water partition coefficient (Wildman–Crippen LogP) is -1.73. The van der Waals surface area contributed by atoms with E-state index in [1.54, 1.807) is 0 Å². The average molecular weight is 158 g/mol.